The van der Waals surface area contributed by atoms with E-state index in [1.807, 2.05) is 6.92 Å². The Bertz CT molecular complexity index is 272. The van der Waals surface area contributed by atoms with Gasteiger partial charge in [-0.25, -0.2) is 4.98 Å². The first-order valence-electron chi connectivity index (χ1n) is 2.85. The van der Waals surface area contributed by atoms with E-state index < -0.39 is 0 Å². The maximum atomic E-state index is 10.8. The molecule has 2 N–H and O–H groups in total. The van der Waals surface area contributed by atoms with Crippen LogP contribution in [-0.4, -0.2) is 10.8 Å². The maximum Gasteiger partial charge on any atom is 0.180 e. The van der Waals surface area contributed by atoms with Crippen molar-refractivity contribution >= 4 is 34.7 Å². The van der Waals surface area contributed by atoms with E-state index in [0.29, 0.717) is 10.8 Å². The minimum absolute atomic E-state index is 0. The largest absolute Gasteiger partial charge is 0.375 e. The summed E-state index contributed by atoms with van der Waals surface area (Å²) in [6.07, 6.45) is 0. The molecule has 0 spiro atoms. The molecule has 0 atom stereocenters. The average molecular weight is 193 g/mol. The number of nitrogens with zero attached hydrogens (tertiary/aromatic N) is 1. The van der Waals surface area contributed by atoms with E-state index in [1.54, 1.807) is 0 Å². The maximum absolute atomic E-state index is 10.8. The van der Waals surface area contributed by atoms with Crippen LogP contribution in [0, 0.1) is 6.92 Å². The highest BCUT2D eigenvalue weighted by Crippen LogP contribution is 2.18. The van der Waals surface area contributed by atoms with Crippen LogP contribution in [0.3, 0.4) is 0 Å². The second-order valence-corrected chi connectivity index (χ2v) is 3.25. The second kappa shape index (κ2) is 3.69. The van der Waals surface area contributed by atoms with Crippen LogP contribution in [0.2, 0.25) is 0 Å². The van der Waals surface area contributed by atoms with Crippen LogP contribution in [0.5, 0.6) is 0 Å². The van der Waals surface area contributed by atoms with Crippen LogP contribution < -0.4 is 5.73 Å². The standard InChI is InChI=1S/C6H8N2OS.ClH/c1-3(9)5-4(2)10-6(7)8-5;/h1-2H3,(H2,7,8);1H. The van der Waals surface area contributed by atoms with Crippen molar-refractivity contribution in [3.63, 3.8) is 0 Å². The predicted octanol–water partition coefficient (Wildman–Crippen LogP) is 1.66. The minimum Gasteiger partial charge on any atom is -0.375 e. The van der Waals surface area contributed by atoms with Crippen molar-refractivity contribution in [2.24, 2.45) is 0 Å². The fourth-order valence-electron chi connectivity index (χ4n) is 0.744. The van der Waals surface area contributed by atoms with Gasteiger partial charge in [-0.05, 0) is 6.92 Å². The first kappa shape index (κ1) is 10.4. The lowest BCUT2D eigenvalue weighted by molar-refractivity contribution is 0.101. The minimum atomic E-state index is -0.0227. The molecule has 0 aliphatic rings. The molecule has 0 unspecified atom stereocenters. The Hall–Kier alpha value is -0.610. The number of ketones is 1. The number of Topliss-reactive ketones (excluding diaryl/α,β-unsaturated/α-hetero) is 1. The number of carbonyl (C=O) groups excluding carboxylic acids is 1. The predicted molar refractivity (Wildman–Crippen MR) is 48.5 cm³/mol. The van der Waals surface area contributed by atoms with Crippen molar-refractivity contribution in [2.45, 2.75) is 13.8 Å². The number of anilines is 1. The Morgan fingerprint density at radius 3 is 2.36 bits per heavy atom. The van der Waals surface area contributed by atoms with E-state index in [1.165, 1.54) is 18.3 Å². The van der Waals surface area contributed by atoms with Gasteiger partial charge in [0.25, 0.3) is 0 Å². The molecule has 0 aliphatic heterocycles. The molecule has 0 saturated heterocycles. The van der Waals surface area contributed by atoms with Gasteiger partial charge in [0.1, 0.15) is 5.69 Å². The van der Waals surface area contributed by atoms with Crippen molar-refractivity contribution in [1.82, 2.24) is 4.98 Å². The van der Waals surface area contributed by atoms with E-state index in [0.717, 1.165) is 4.88 Å². The lowest BCUT2D eigenvalue weighted by atomic mass is 10.3. The van der Waals surface area contributed by atoms with Gasteiger partial charge in [0.15, 0.2) is 10.9 Å². The number of aryl methyl sites for hydroxylation is 1. The Morgan fingerprint density at radius 1 is 1.64 bits per heavy atom. The quantitative estimate of drug-likeness (QED) is 0.689. The zero-order chi connectivity index (χ0) is 7.72. The summed E-state index contributed by atoms with van der Waals surface area (Å²) >= 11 is 1.34. The van der Waals surface area contributed by atoms with Gasteiger partial charge in [0, 0.05) is 11.8 Å². The molecule has 0 aromatic carbocycles. The Labute approximate surface area is 75.0 Å². The zero-order valence-electron chi connectivity index (χ0n) is 6.25. The number of nitrogens with two attached hydrogens (primary N) is 1. The molecule has 11 heavy (non-hydrogen) atoms. The molecule has 0 radical (unpaired) electrons. The summed E-state index contributed by atoms with van der Waals surface area (Å²) < 4.78 is 0. The molecule has 1 aromatic rings. The number of aromatic nitrogens is 1. The number of rotatable bonds is 1. The van der Waals surface area contributed by atoms with Gasteiger partial charge in [-0.1, -0.05) is 0 Å². The van der Waals surface area contributed by atoms with Crippen LogP contribution in [0.25, 0.3) is 0 Å². The molecule has 0 amide bonds. The van der Waals surface area contributed by atoms with Crippen molar-refractivity contribution in [3.05, 3.63) is 10.6 Å². The Balaban J connectivity index is 0.000001000. The number of nitrogen functional groups attached to an aromatic ring is 1. The molecule has 5 heteroatoms. The summed E-state index contributed by atoms with van der Waals surface area (Å²) in [5.41, 5.74) is 5.87. The molecular weight excluding hydrogens is 184 g/mol. The van der Waals surface area contributed by atoms with Crippen molar-refractivity contribution in [3.8, 4) is 0 Å². The number of halogens is 1. The normalized spacial score (nSPS) is 8.91. The van der Waals surface area contributed by atoms with Gasteiger partial charge >= 0.3 is 0 Å². The summed E-state index contributed by atoms with van der Waals surface area (Å²) in [6.45, 7) is 3.33. The highest BCUT2D eigenvalue weighted by Gasteiger charge is 2.08. The van der Waals surface area contributed by atoms with E-state index in [4.69, 9.17) is 5.73 Å². The summed E-state index contributed by atoms with van der Waals surface area (Å²) in [7, 11) is 0. The van der Waals surface area contributed by atoms with Crippen LogP contribution in [0.15, 0.2) is 0 Å². The number of hydrogen-bond donors (Lipinski definition) is 1. The van der Waals surface area contributed by atoms with Gasteiger partial charge in [-0.2, -0.15) is 0 Å². The van der Waals surface area contributed by atoms with Crippen molar-refractivity contribution in [1.29, 1.82) is 0 Å². The van der Waals surface area contributed by atoms with Gasteiger partial charge in [-0.3, -0.25) is 4.79 Å². The molecule has 1 rings (SSSR count). The highest BCUT2D eigenvalue weighted by atomic mass is 35.5. The Kier molecular flexibility index (Phi) is 3.48. The Morgan fingerprint density at radius 2 is 2.18 bits per heavy atom. The summed E-state index contributed by atoms with van der Waals surface area (Å²) in [5.74, 6) is -0.0227. The first-order valence-corrected chi connectivity index (χ1v) is 3.66. The number of thiazole rings is 1. The third-order valence-corrected chi connectivity index (χ3v) is 1.95. The summed E-state index contributed by atoms with van der Waals surface area (Å²) in [6, 6.07) is 0. The lowest BCUT2D eigenvalue weighted by Crippen LogP contribution is -1.94. The molecule has 0 aliphatic carbocycles. The third kappa shape index (κ3) is 2.17. The number of carbonyl (C=O) groups is 1. The van der Waals surface area contributed by atoms with Gasteiger partial charge in [0.05, 0.1) is 0 Å². The molecule has 1 aromatic heterocycles. The zero-order valence-corrected chi connectivity index (χ0v) is 7.88. The summed E-state index contributed by atoms with van der Waals surface area (Å²) in [5, 5.41) is 0.461. The second-order valence-electron chi connectivity index (χ2n) is 2.01. The number of hydrogen-bond acceptors (Lipinski definition) is 4. The molecular formula is C6H9ClN2OS. The molecule has 1 heterocycles. The fraction of sp³-hybridized carbons (Fsp3) is 0.333. The van der Waals surface area contributed by atoms with Crippen LogP contribution in [0.1, 0.15) is 22.3 Å². The lowest BCUT2D eigenvalue weighted by Gasteiger charge is -1.85. The molecule has 0 saturated carbocycles. The first-order chi connectivity index (χ1) is 4.61. The van der Waals surface area contributed by atoms with Crippen LogP contribution in [0.4, 0.5) is 5.13 Å². The SMILES string of the molecule is CC(=O)c1nc(N)sc1C.Cl. The van der Waals surface area contributed by atoms with E-state index >= 15 is 0 Å². The molecule has 62 valence electrons. The van der Waals surface area contributed by atoms with E-state index in [9.17, 15) is 4.79 Å². The van der Waals surface area contributed by atoms with Gasteiger partial charge < -0.3 is 5.73 Å². The van der Waals surface area contributed by atoms with Crippen molar-refractivity contribution < 1.29 is 4.79 Å². The third-order valence-electron chi connectivity index (χ3n) is 1.15. The van der Waals surface area contributed by atoms with Gasteiger partial charge in [0.2, 0.25) is 0 Å². The van der Waals surface area contributed by atoms with E-state index in [-0.39, 0.29) is 18.2 Å². The smallest absolute Gasteiger partial charge is 0.180 e. The average Bonchev–Trinajstić information content (AvgIpc) is 2.10. The van der Waals surface area contributed by atoms with Gasteiger partial charge in [-0.15, -0.1) is 23.7 Å². The molecule has 0 fully saturated rings. The highest BCUT2D eigenvalue weighted by molar-refractivity contribution is 7.15. The van der Waals surface area contributed by atoms with Crippen LogP contribution in [-0.2, 0) is 0 Å². The topological polar surface area (TPSA) is 56.0 Å². The monoisotopic (exact) mass is 192 g/mol. The van der Waals surface area contributed by atoms with E-state index in [2.05, 4.69) is 4.98 Å². The molecule has 0 bridgehead atoms. The molecule has 3 nitrogen and oxygen atoms in total. The summed E-state index contributed by atoms with van der Waals surface area (Å²) in [4.78, 5) is 15.5. The fourth-order valence-corrected chi connectivity index (χ4v) is 1.48. The van der Waals surface area contributed by atoms with Crippen molar-refractivity contribution in [2.75, 3.05) is 5.73 Å². The van der Waals surface area contributed by atoms with Crippen LogP contribution >= 0.6 is 23.7 Å².